The van der Waals surface area contributed by atoms with E-state index in [1.807, 2.05) is 0 Å². The Morgan fingerprint density at radius 3 is 2.36 bits per heavy atom. The predicted molar refractivity (Wildman–Crippen MR) is 110 cm³/mol. The number of benzene rings is 2. The maximum atomic E-state index is 13.7. The molecule has 12 heteroatoms. The van der Waals surface area contributed by atoms with E-state index in [9.17, 15) is 30.4 Å². The molecule has 0 aliphatic carbocycles. The van der Waals surface area contributed by atoms with Crippen molar-refractivity contribution in [2.75, 3.05) is 18.4 Å². The molecule has 1 aromatic heterocycles. The number of sulfonamides is 1. The summed E-state index contributed by atoms with van der Waals surface area (Å²) >= 11 is 0. The van der Waals surface area contributed by atoms with Crippen LogP contribution in [0.15, 0.2) is 60.0 Å². The summed E-state index contributed by atoms with van der Waals surface area (Å²) in [5.41, 5.74) is -0.842. The van der Waals surface area contributed by atoms with Crippen molar-refractivity contribution >= 4 is 15.7 Å². The second-order valence-electron chi connectivity index (χ2n) is 7.80. The van der Waals surface area contributed by atoms with E-state index in [-0.39, 0.29) is 23.8 Å². The molecule has 2 heterocycles. The number of imidazole rings is 1. The van der Waals surface area contributed by atoms with Crippen LogP contribution in [0.5, 0.6) is 0 Å². The zero-order valence-corrected chi connectivity index (χ0v) is 18.0. The summed E-state index contributed by atoms with van der Waals surface area (Å²) in [6.07, 6.45) is -2.20. The molecule has 6 nitrogen and oxygen atoms in total. The van der Waals surface area contributed by atoms with Gasteiger partial charge in [0.1, 0.15) is 11.6 Å². The highest BCUT2D eigenvalue weighted by Crippen LogP contribution is 2.36. The molecule has 1 saturated heterocycles. The second kappa shape index (κ2) is 8.41. The molecule has 0 spiro atoms. The lowest BCUT2D eigenvalue weighted by molar-refractivity contribution is -0.139. The lowest BCUT2D eigenvalue weighted by Crippen LogP contribution is -2.32. The molecule has 0 bridgehead atoms. The van der Waals surface area contributed by atoms with E-state index in [0.717, 1.165) is 6.07 Å². The molecule has 2 unspecified atom stereocenters. The van der Waals surface area contributed by atoms with Gasteiger partial charge in [-0.25, -0.2) is 22.2 Å². The van der Waals surface area contributed by atoms with Gasteiger partial charge < -0.3 is 9.88 Å². The number of nitrogens with zero attached hydrogens (tertiary/aromatic N) is 3. The summed E-state index contributed by atoms with van der Waals surface area (Å²) in [5, 5.41) is 2.75. The molecular formula is C21H19F5N4O2S. The first-order valence-electron chi connectivity index (χ1n) is 9.82. The molecular weight excluding hydrogens is 467 g/mol. The van der Waals surface area contributed by atoms with Crippen molar-refractivity contribution in [1.82, 2.24) is 13.9 Å². The summed E-state index contributed by atoms with van der Waals surface area (Å²) in [4.78, 5) is 3.90. The standard InChI is InChI=1S/C21H19F5N4O2S/c1-29-11-20(27-12-29)33(31,32)30-9-16(13-2-4-14(22)5-3-13)19(10-30)28-15-6-7-18(23)17(8-15)21(24,25)26/h2-8,11-12,16,19,28H,9-10H2,1H3. The van der Waals surface area contributed by atoms with Crippen LogP contribution in [0.2, 0.25) is 0 Å². The monoisotopic (exact) mass is 486 g/mol. The Labute approximate surface area is 186 Å². The lowest BCUT2D eigenvalue weighted by atomic mass is 9.94. The highest BCUT2D eigenvalue weighted by atomic mass is 32.2. The molecule has 1 aliphatic rings. The number of alkyl halides is 3. The number of nitrogens with one attached hydrogen (secondary N) is 1. The second-order valence-corrected chi connectivity index (χ2v) is 9.69. The minimum Gasteiger partial charge on any atom is -0.380 e. The van der Waals surface area contributed by atoms with E-state index in [4.69, 9.17) is 0 Å². The van der Waals surface area contributed by atoms with Gasteiger partial charge in [0.05, 0.1) is 11.9 Å². The molecule has 3 aromatic rings. The van der Waals surface area contributed by atoms with Crippen LogP contribution < -0.4 is 5.32 Å². The zero-order chi connectivity index (χ0) is 24.0. The summed E-state index contributed by atoms with van der Waals surface area (Å²) in [6.45, 7) is -0.0881. The van der Waals surface area contributed by atoms with Gasteiger partial charge in [0, 0.05) is 44.0 Å². The van der Waals surface area contributed by atoms with Crippen LogP contribution in [-0.4, -0.2) is 41.4 Å². The molecule has 0 amide bonds. The number of aryl methyl sites for hydroxylation is 1. The fraction of sp³-hybridized carbons (Fsp3) is 0.286. The minimum atomic E-state index is -4.89. The SMILES string of the molecule is Cn1cnc(S(=O)(=O)N2CC(Nc3ccc(F)c(C(F)(F)F)c3)C(c3ccc(F)cc3)C2)c1. The van der Waals surface area contributed by atoms with Gasteiger partial charge in [-0.2, -0.15) is 17.5 Å². The fourth-order valence-electron chi connectivity index (χ4n) is 3.86. The quantitative estimate of drug-likeness (QED) is 0.554. The predicted octanol–water partition coefficient (Wildman–Crippen LogP) is 3.99. The van der Waals surface area contributed by atoms with Gasteiger partial charge in [-0.05, 0) is 35.9 Å². The average molecular weight is 486 g/mol. The fourth-order valence-corrected chi connectivity index (χ4v) is 5.32. The maximum Gasteiger partial charge on any atom is 0.419 e. The van der Waals surface area contributed by atoms with E-state index in [2.05, 4.69) is 10.3 Å². The van der Waals surface area contributed by atoms with Crippen LogP contribution in [0.25, 0.3) is 0 Å². The molecule has 33 heavy (non-hydrogen) atoms. The van der Waals surface area contributed by atoms with Crippen molar-refractivity contribution < 1.29 is 30.4 Å². The van der Waals surface area contributed by atoms with Crippen LogP contribution in [0.1, 0.15) is 17.0 Å². The van der Waals surface area contributed by atoms with Gasteiger partial charge >= 0.3 is 6.18 Å². The Bertz CT molecular complexity index is 1260. The Morgan fingerprint density at radius 1 is 1.06 bits per heavy atom. The van der Waals surface area contributed by atoms with Gasteiger partial charge in [-0.1, -0.05) is 12.1 Å². The van der Waals surface area contributed by atoms with E-state index in [0.29, 0.717) is 17.7 Å². The van der Waals surface area contributed by atoms with Gasteiger partial charge in [-0.15, -0.1) is 0 Å². The first-order chi connectivity index (χ1) is 15.4. The van der Waals surface area contributed by atoms with Gasteiger partial charge in [0.15, 0.2) is 5.03 Å². The van der Waals surface area contributed by atoms with E-state index in [1.165, 1.54) is 45.7 Å². The summed E-state index contributed by atoms with van der Waals surface area (Å²) < 4.78 is 95.3. The average Bonchev–Trinajstić information content (AvgIpc) is 3.36. The Morgan fingerprint density at radius 2 is 1.76 bits per heavy atom. The highest BCUT2D eigenvalue weighted by Gasteiger charge is 2.41. The Hall–Kier alpha value is -2.99. The third-order valence-electron chi connectivity index (χ3n) is 5.49. The minimum absolute atomic E-state index is 0.00444. The van der Waals surface area contributed by atoms with Crippen molar-refractivity contribution in [1.29, 1.82) is 0 Å². The van der Waals surface area contributed by atoms with Crippen molar-refractivity contribution in [3.05, 3.63) is 77.8 Å². The summed E-state index contributed by atoms with van der Waals surface area (Å²) in [5.74, 6) is -2.40. The first-order valence-corrected chi connectivity index (χ1v) is 11.3. The molecule has 1 fully saturated rings. The number of anilines is 1. The highest BCUT2D eigenvalue weighted by molar-refractivity contribution is 7.89. The number of hydrogen-bond acceptors (Lipinski definition) is 4. The molecule has 0 saturated carbocycles. The first kappa shape index (κ1) is 23.2. The third-order valence-corrected chi connectivity index (χ3v) is 7.21. The molecule has 1 aliphatic heterocycles. The van der Waals surface area contributed by atoms with Gasteiger partial charge in [0.25, 0.3) is 10.0 Å². The van der Waals surface area contributed by atoms with Gasteiger partial charge in [-0.3, -0.25) is 0 Å². The Balaban J connectivity index is 1.67. The van der Waals surface area contributed by atoms with Crippen molar-refractivity contribution in [3.8, 4) is 0 Å². The zero-order valence-electron chi connectivity index (χ0n) is 17.2. The van der Waals surface area contributed by atoms with Gasteiger partial charge in [0.2, 0.25) is 0 Å². The summed E-state index contributed by atoms with van der Waals surface area (Å²) in [7, 11) is -2.36. The largest absolute Gasteiger partial charge is 0.419 e. The molecule has 176 valence electrons. The molecule has 0 radical (unpaired) electrons. The number of hydrogen-bond donors (Lipinski definition) is 1. The van der Waals surface area contributed by atoms with Crippen molar-refractivity contribution in [2.45, 2.75) is 23.2 Å². The number of halogens is 5. The van der Waals surface area contributed by atoms with Crippen LogP contribution in [0.3, 0.4) is 0 Å². The molecule has 2 aromatic carbocycles. The number of aromatic nitrogens is 2. The summed E-state index contributed by atoms with van der Waals surface area (Å²) in [6, 6.07) is 7.28. The smallest absolute Gasteiger partial charge is 0.380 e. The molecule has 4 rings (SSSR count). The third kappa shape index (κ3) is 4.71. The van der Waals surface area contributed by atoms with E-state index >= 15 is 0 Å². The van der Waals surface area contributed by atoms with Crippen LogP contribution in [0, 0.1) is 11.6 Å². The van der Waals surface area contributed by atoms with E-state index in [1.54, 1.807) is 7.05 Å². The van der Waals surface area contributed by atoms with Crippen molar-refractivity contribution in [3.63, 3.8) is 0 Å². The topological polar surface area (TPSA) is 67.2 Å². The maximum absolute atomic E-state index is 13.7. The normalized spacial score (nSPS) is 19.7. The van der Waals surface area contributed by atoms with Crippen molar-refractivity contribution in [2.24, 2.45) is 7.05 Å². The molecule has 1 N–H and O–H groups in total. The van der Waals surface area contributed by atoms with Crippen LogP contribution in [-0.2, 0) is 23.2 Å². The van der Waals surface area contributed by atoms with E-state index < -0.39 is 45.4 Å². The number of rotatable bonds is 5. The Kier molecular flexibility index (Phi) is 5.91. The van der Waals surface area contributed by atoms with Crippen LogP contribution >= 0.6 is 0 Å². The lowest BCUT2D eigenvalue weighted by Gasteiger charge is -2.22. The molecule has 2 atom stereocenters. The van der Waals surface area contributed by atoms with Crippen LogP contribution in [0.4, 0.5) is 27.6 Å².